The quantitative estimate of drug-likeness (QED) is 0.0580. The number of aromatic nitrogens is 5. The molecule has 8 N–H and O–H groups in total. The fraction of sp³-hybridized carbons (Fsp3) is 0.400. The molecule has 1 atom stereocenters. The highest BCUT2D eigenvalue weighted by atomic mass is 32.2. The highest BCUT2D eigenvalue weighted by Crippen LogP contribution is 2.21. The second-order valence-corrected chi connectivity index (χ2v) is 14.1. The molecule has 4 rings (SSSR count). The molecule has 0 aliphatic carbocycles. The number of rotatable bonds is 12. The molecule has 0 aromatic carbocycles. The van der Waals surface area contributed by atoms with Crippen LogP contribution in [0.25, 0.3) is 11.5 Å². The molecule has 1 aliphatic heterocycles. The number of carbonyl (C=O) groups excluding carboxylic acids is 3. The van der Waals surface area contributed by atoms with Crippen molar-refractivity contribution in [3.05, 3.63) is 44.0 Å². The summed E-state index contributed by atoms with van der Waals surface area (Å²) >= 11 is 0.925. The molecule has 1 fully saturated rings. The van der Waals surface area contributed by atoms with E-state index in [9.17, 15) is 52.5 Å². The molecule has 22 nitrogen and oxygen atoms in total. The number of carboxylic acid groups (broad SMARTS) is 1. The Morgan fingerprint density at radius 3 is 2.45 bits per heavy atom. The van der Waals surface area contributed by atoms with Crippen LogP contribution in [0.15, 0.2) is 32.4 Å². The predicted octanol–water partition coefficient (Wildman–Crippen LogP) is -2.42. The monoisotopic (exact) mass is 726 g/mol. The third-order valence-electron chi connectivity index (χ3n) is 6.77. The highest BCUT2D eigenvalue weighted by molar-refractivity contribution is 7.88. The van der Waals surface area contributed by atoms with Crippen LogP contribution in [0.5, 0.6) is 5.75 Å². The van der Waals surface area contributed by atoms with Crippen LogP contribution in [0.3, 0.4) is 0 Å². The van der Waals surface area contributed by atoms with E-state index >= 15 is 0 Å². The number of nitrogen functional groups attached to an aromatic ring is 1. The minimum Gasteiger partial charge on any atom is -0.503 e. The molecule has 0 spiro atoms. The van der Waals surface area contributed by atoms with Crippen LogP contribution in [0.2, 0.25) is 0 Å². The molecule has 49 heavy (non-hydrogen) atoms. The number of carbonyl (C=O) groups is 4. The fourth-order valence-corrected chi connectivity index (χ4v) is 5.35. The number of β-lactam (4-membered cyclic amide) rings is 1. The highest BCUT2D eigenvalue weighted by Gasteiger charge is 2.44. The number of hydrogen-bond donors (Lipinski definition) is 7. The predicted molar refractivity (Wildman–Crippen MR) is 167 cm³/mol. The maximum absolute atomic E-state index is 13.3. The van der Waals surface area contributed by atoms with Gasteiger partial charge in [-0.15, -0.1) is 16.4 Å². The van der Waals surface area contributed by atoms with Crippen molar-refractivity contribution < 1.29 is 47.8 Å². The zero-order valence-electron chi connectivity index (χ0n) is 26.0. The minimum absolute atomic E-state index is 0.0290. The Morgan fingerprint density at radius 1 is 1.22 bits per heavy atom. The number of nitrogens with one attached hydrogen (secondary N) is 3. The number of aromatic hydroxyl groups is 1. The van der Waals surface area contributed by atoms with Gasteiger partial charge in [0.15, 0.2) is 22.4 Å². The van der Waals surface area contributed by atoms with Gasteiger partial charge in [0.25, 0.3) is 11.8 Å². The minimum atomic E-state index is -5.16. The number of carboxylic acids is 1. The SMILES string of the molecule is CC(C)(CO)Cn1c(-c2cc(=O)c(O)c[nH]2)nn(S(=O)(=O)NC(=O)N2C[C@H](NC(=O)/C(=N\OC(C)(C)C(=O)O)c3csc(N)n3)C2=O)c1=O. The third-order valence-corrected chi connectivity index (χ3v) is 8.57. The number of oxime groups is 1. The second-order valence-electron chi connectivity index (χ2n) is 11.8. The van der Waals surface area contributed by atoms with Gasteiger partial charge < -0.3 is 36.2 Å². The van der Waals surface area contributed by atoms with E-state index in [-0.39, 0.29) is 27.2 Å². The number of H-pyrrole nitrogens is 1. The van der Waals surface area contributed by atoms with Crippen molar-refractivity contribution in [1.29, 1.82) is 0 Å². The van der Waals surface area contributed by atoms with Crippen molar-refractivity contribution in [3.8, 4) is 17.3 Å². The van der Waals surface area contributed by atoms with E-state index in [1.54, 1.807) is 13.8 Å². The molecule has 0 saturated carbocycles. The van der Waals surface area contributed by atoms with Gasteiger partial charge in [-0.25, -0.2) is 24.1 Å². The number of amides is 4. The third kappa shape index (κ3) is 7.60. The summed E-state index contributed by atoms with van der Waals surface area (Å²) in [7, 11) is -5.16. The molecule has 0 unspecified atom stereocenters. The standard InChI is InChI=1S/C25H30N10O12S2/c1-24(2,10-36)9-34-17(11-5-14(37)15(38)6-27-11)30-35(23(34)44)49(45,46)32-22(43)33-7-12(19(33)40)28-18(39)16(13-8-48-21(26)29-13)31-47-25(3,4)20(41)42/h5-6,8,12,36,38H,7,9-10H2,1-4H3,(H2,26,29)(H,27,37)(H,28,39)(H,32,43)(H,41,42)/b31-16-/t12-/m0/s1. The van der Waals surface area contributed by atoms with Gasteiger partial charge in [0, 0.05) is 36.2 Å². The van der Waals surface area contributed by atoms with Crippen molar-refractivity contribution in [1.82, 2.24) is 38.7 Å². The normalized spacial score (nSPS) is 15.4. The first kappa shape index (κ1) is 36.2. The topological polar surface area (TPSA) is 324 Å². The molecule has 24 heteroatoms. The summed E-state index contributed by atoms with van der Waals surface area (Å²) < 4.78 is 28.6. The van der Waals surface area contributed by atoms with E-state index in [4.69, 9.17) is 10.6 Å². The van der Waals surface area contributed by atoms with E-state index in [0.717, 1.165) is 42.0 Å². The first-order valence-electron chi connectivity index (χ1n) is 13.8. The van der Waals surface area contributed by atoms with Gasteiger partial charge in [-0.05, 0) is 13.8 Å². The summed E-state index contributed by atoms with van der Waals surface area (Å²) in [6.07, 6.45) is 0.884. The average Bonchev–Trinajstić information content (AvgIpc) is 3.58. The molecule has 264 valence electrons. The number of urea groups is 1. The maximum atomic E-state index is 13.3. The first-order chi connectivity index (χ1) is 22.7. The number of nitrogens with two attached hydrogens (primary N) is 1. The first-order valence-corrected chi connectivity index (χ1v) is 16.1. The zero-order chi connectivity index (χ0) is 36.6. The zero-order valence-corrected chi connectivity index (χ0v) is 27.7. The molecular formula is C25H30N10O12S2. The van der Waals surface area contributed by atoms with E-state index in [1.807, 2.05) is 0 Å². The van der Waals surface area contributed by atoms with Gasteiger partial charge in [0.1, 0.15) is 11.7 Å². The lowest BCUT2D eigenvalue weighted by Crippen LogP contribution is -2.68. The van der Waals surface area contributed by atoms with E-state index in [0.29, 0.717) is 4.90 Å². The summed E-state index contributed by atoms with van der Waals surface area (Å²) in [4.78, 5) is 87.2. The van der Waals surface area contributed by atoms with Gasteiger partial charge in [-0.2, -0.15) is 8.42 Å². The van der Waals surface area contributed by atoms with Crippen molar-refractivity contribution in [2.75, 3.05) is 18.9 Å². The Morgan fingerprint density at radius 2 is 1.90 bits per heavy atom. The van der Waals surface area contributed by atoms with E-state index in [2.05, 4.69) is 25.5 Å². The molecular weight excluding hydrogens is 696 g/mol. The molecule has 1 saturated heterocycles. The number of thiazole rings is 1. The van der Waals surface area contributed by atoms with Crippen molar-refractivity contribution >= 4 is 56.2 Å². The molecule has 3 aromatic rings. The van der Waals surface area contributed by atoms with Crippen LogP contribution >= 0.6 is 11.3 Å². The average molecular weight is 727 g/mol. The van der Waals surface area contributed by atoms with Crippen LogP contribution in [-0.2, 0) is 36.0 Å². The summed E-state index contributed by atoms with van der Waals surface area (Å²) in [5, 5.41) is 39.5. The van der Waals surface area contributed by atoms with Gasteiger partial charge in [0.05, 0.1) is 12.2 Å². The van der Waals surface area contributed by atoms with Crippen LogP contribution in [0.4, 0.5) is 9.93 Å². The van der Waals surface area contributed by atoms with Gasteiger partial charge in [0.2, 0.25) is 11.0 Å². The summed E-state index contributed by atoms with van der Waals surface area (Å²) in [5.41, 5.74) is -0.306. The number of nitrogens with zero attached hydrogens (tertiary/aromatic N) is 6. The van der Waals surface area contributed by atoms with Gasteiger partial charge >= 0.3 is 27.9 Å². The Bertz CT molecular complexity index is 2090. The van der Waals surface area contributed by atoms with Crippen molar-refractivity contribution in [2.45, 2.75) is 45.9 Å². The second kappa shape index (κ2) is 13.1. The van der Waals surface area contributed by atoms with Gasteiger partial charge in [-0.1, -0.05) is 23.1 Å². The molecule has 1 aliphatic rings. The van der Waals surface area contributed by atoms with Gasteiger partial charge in [-0.3, -0.25) is 23.9 Å². The smallest absolute Gasteiger partial charge is 0.362 e. The Kier molecular flexibility index (Phi) is 9.70. The lowest BCUT2D eigenvalue weighted by molar-refractivity contribution is -0.161. The number of pyridine rings is 1. The van der Waals surface area contributed by atoms with E-state index in [1.165, 1.54) is 10.1 Å². The largest absolute Gasteiger partial charge is 0.503 e. The Hall–Kier alpha value is -5.62. The Labute approximate surface area is 279 Å². The summed E-state index contributed by atoms with van der Waals surface area (Å²) in [5.74, 6) is -4.63. The Balaban J connectivity index is 1.53. The molecule has 0 radical (unpaired) electrons. The van der Waals surface area contributed by atoms with Crippen molar-refractivity contribution in [2.24, 2.45) is 10.6 Å². The molecule has 3 aromatic heterocycles. The molecule has 0 bridgehead atoms. The number of likely N-dealkylation sites (tertiary alicyclic amines) is 1. The van der Waals surface area contributed by atoms with Crippen LogP contribution in [0, 0.1) is 5.41 Å². The lowest BCUT2D eigenvalue weighted by atomic mass is 9.95. The maximum Gasteiger partial charge on any atom is 0.362 e. The molecule has 4 heterocycles. The number of aliphatic hydroxyl groups excluding tert-OH is 1. The van der Waals surface area contributed by atoms with Crippen molar-refractivity contribution in [3.63, 3.8) is 0 Å². The number of aliphatic carboxylic acids is 1. The van der Waals surface area contributed by atoms with Crippen LogP contribution < -0.4 is 26.9 Å². The number of hydrogen-bond acceptors (Lipinski definition) is 16. The number of anilines is 1. The van der Waals surface area contributed by atoms with E-state index < -0.39 is 92.6 Å². The number of imide groups is 1. The summed E-state index contributed by atoms with van der Waals surface area (Å²) in [6, 6.07) is -2.05. The van der Waals surface area contributed by atoms with Crippen LogP contribution in [-0.4, -0.2) is 107 Å². The molecule has 4 amide bonds. The summed E-state index contributed by atoms with van der Waals surface area (Å²) in [6.45, 7) is 4.10. The van der Waals surface area contributed by atoms with Crippen LogP contribution in [0.1, 0.15) is 33.4 Å². The number of aromatic amines is 1. The lowest BCUT2D eigenvalue weighted by Gasteiger charge is -2.36. The number of aliphatic hydroxyl groups is 1. The fourth-order valence-electron chi connectivity index (χ4n) is 3.90.